The standard InChI is InChI=1S/C9H15ClS/c1-2-3-8(6-10)9-4-5-11-7-9/h2,8-9H,1,3-7H2. The molecule has 1 saturated heterocycles. The number of alkyl halides is 1. The van der Waals surface area contributed by atoms with Crippen LogP contribution in [0.4, 0.5) is 0 Å². The van der Waals surface area contributed by atoms with Gasteiger partial charge in [0, 0.05) is 5.88 Å². The van der Waals surface area contributed by atoms with E-state index in [1.54, 1.807) is 0 Å². The molecule has 0 N–H and O–H groups in total. The topological polar surface area (TPSA) is 0 Å². The van der Waals surface area contributed by atoms with Crippen molar-refractivity contribution < 1.29 is 0 Å². The molecule has 1 aliphatic rings. The molecule has 0 aromatic rings. The summed E-state index contributed by atoms with van der Waals surface area (Å²) in [7, 11) is 0. The third-order valence-corrected chi connectivity index (χ3v) is 3.88. The summed E-state index contributed by atoms with van der Waals surface area (Å²) >= 11 is 7.93. The molecular weight excluding hydrogens is 176 g/mol. The first kappa shape index (κ1) is 9.47. The highest BCUT2D eigenvalue weighted by molar-refractivity contribution is 7.99. The van der Waals surface area contributed by atoms with E-state index in [4.69, 9.17) is 11.6 Å². The number of thioether (sulfide) groups is 1. The Morgan fingerprint density at radius 3 is 3.00 bits per heavy atom. The SMILES string of the molecule is C=CCC(CCl)C1CCSC1. The normalized spacial score (nSPS) is 26.8. The zero-order valence-electron chi connectivity index (χ0n) is 6.76. The molecule has 1 heterocycles. The van der Waals surface area contributed by atoms with E-state index in [1.807, 2.05) is 6.08 Å². The molecule has 0 amide bonds. The number of hydrogen-bond donors (Lipinski definition) is 0. The van der Waals surface area contributed by atoms with Crippen LogP contribution >= 0.6 is 23.4 Å². The second kappa shape index (κ2) is 5.10. The van der Waals surface area contributed by atoms with Crippen molar-refractivity contribution in [1.82, 2.24) is 0 Å². The van der Waals surface area contributed by atoms with Crippen LogP contribution in [0.5, 0.6) is 0 Å². The molecule has 0 spiro atoms. The van der Waals surface area contributed by atoms with Crippen LogP contribution in [0.3, 0.4) is 0 Å². The summed E-state index contributed by atoms with van der Waals surface area (Å²) < 4.78 is 0. The molecule has 0 aliphatic carbocycles. The van der Waals surface area contributed by atoms with E-state index in [0.29, 0.717) is 5.92 Å². The monoisotopic (exact) mass is 190 g/mol. The molecule has 0 aromatic carbocycles. The molecule has 1 aliphatic heterocycles. The fraction of sp³-hybridized carbons (Fsp3) is 0.778. The highest BCUT2D eigenvalue weighted by Gasteiger charge is 2.23. The van der Waals surface area contributed by atoms with E-state index in [2.05, 4.69) is 18.3 Å². The van der Waals surface area contributed by atoms with Gasteiger partial charge >= 0.3 is 0 Å². The maximum Gasteiger partial charge on any atom is 0.0257 e. The smallest absolute Gasteiger partial charge is 0.0257 e. The first-order valence-electron chi connectivity index (χ1n) is 4.13. The lowest BCUT2D eigenvalue weighted by Gasteiger charge is -2.17. The van der Waals surface area contributed by atoms with Gasteiger partial charge in [0.25, 0.3) is 0 Å². The third kappa shape index (κ3) is 2.72. The Bertz CT molecular complexity index is 119. The van der Waals surface area contributed by atoms with Crippen LogP contribution in [0, 0.1) is 11.8 Å². The average molecular weight is 191 g/mol. The van der Waals surface area contributed by atoms with Gasteiger partial charge in [-0.1, -0.05) is 6.08 Å². The Morgan fingerprint density at radius 1 is 1.73 bits per heavy atom. The summed E-state index contributed by atoms with van der Waals surface area (Å²) in [5.41, 5.74) is 0. The minimum atomic E-state index is 0.684. The minimum Gasteiger partial charge on any atom is -0.162 e. The molecule has 0 aromatic heterocycles. The third-order valence-electron chi connectivity index (χ3n) is 2.30. The lowest BCUT2D eigenvalue weighted by Crippen LogP contribution is -2.14. The molecule has 11 heavy (non-hydrogen) atoms. The van der Waals surface area contributed by atoms with Crippen molar-refractivity contribution in [2.45, 2.75) is 12.8 Å². The van der Waals surface area contributed by atoms with Crippen molar-refractivity contribution in [3.63, 3.8) is 0 Å². The quantitative estimate of drug-likeness (QED) is 0.485. The molecule has 0 bridgehead atoms. The van der Waals surface area contributed by atoms with Crippen LogP contribution in [0.25, 0.3) is 0 Å². The number of halogens is 1. The van der Waals surface area contributed by atoms with Gasteiger partial charge in [0.1, 0.15) is 0 Å². The van der Waals surface area contributed by atoms with E-state index in [-0.39, 0.29) is 0 Å². The van der Waals surface area contributed by atoms with Crippen LogP contribution in [0.1, 0.15) is 12.8 Å². The first-order valence-corrected chi connectivity index (χ1v) is 5.82. The summed E-state index contributed by atoms with van der Waals surface area (Å²) in [4.78, 5) is 0. The fourth-order valence-corrected chi connectivity index (χ4v) is 3.28. The van der Waals surface area contributed by atoms with Crippen molar-refractivity contribution in [3.8, 4) is 0 Å². The van der Waals surface area contributed by atoms with Gasteiger partial charge in [-0.2, -0.15) is 11.8 Å². The molecule has 2 heteroatoms. The van der Waals surface area contributed by atoms with E-state index in [0.717, 1.165) is 18.2 Å². The van der Waals surface area contributed by atoms with Gasteiger partial charge < -0.3 is 0 Å². The highest BCUT2D eigenvalue weighted by Crippen LogP contribution is 2.32. The fourth-order valence-electron chi connectivity index (χ4n) is 1.52. The van der Waals surface area contributed by atoms with Crippen LogP contribution in [0.15, 0.2) is 12.7 Å². The molecule has 0 nitrogen and oxygen atoms in total. The van der Waals surface area contributed by atoms with Crippen LogP contribution in [-0.2, 0) is 0 Å². The summed E-state index contributed by atoms with van der Waals surface area (Å²) in [5, 5.41) is 0. The summed E-state index contributed by atoms with van der Waals surface area (Å²) in [6.45, 7) is 3.75. The number of rotatable bonds is 4. The Hall–Kier alpha value is 0.380. The van der Waals surface area contributed by atoms with Crippen molar-refractivity contribution in [3.05, 3.63) is 12.7 Å². The highest BCUT2D eigenvalue weighted by atomic mass is 35.5. The van der Waals surface area contributed by atoms with Gasteiger partial charge in [0.2, 0.25) is 0 Å². The molecule has 1 rings (SSSR count). The van der Waals surface area contributed by atoms with Crippen LogP contribution < -0.4 is 0 Å². The predicted octanol–water partition coefficient (Wildman–Crippen LogP) is 3.17. The van der Waals surface area contributed by atoms with Gasteiger partial charge in [-0.25, -0.2) is 0 Å². The van der Waals surface area contributed by atoms with E-state index < -0.39 is 0 Å². The number of hydrogen-bond acceptors (Lipinski definition) is 1. The van der Waals surface area contributed by atoms with E-state index in [1.165, 1.54) is 17.9 Å². The summed E-state index contributed by atoms with van der Waals surface area (Å²) in [6, 6.07) is 0. The maximum absolute atomic E-state index is 5.87. The Balaban J connectivity index is 2.33. The van der Waals surface area contributed by atoms with E-state index in [9.17, 15) is 0 Å². The second-order valence-corrected chi connectivity index (χ2v) is 4.52. The average Bonchev–Trinajstić information content (AvgIpc) is 2.52. The summed E-state index contributed by atoms with van der Waals surface area (Å²) in [6.07, 6.45) is 4.45. The molecular formula is C9H15ClS. The lowest BCUT2D eigenvalue weighted by molar-refractivity contribution is 0.405. The molecule has 2 atom stereocenters. The zero-order valence-corrected chi connectivity index (χ0v) is 8.33. The van der Waals surface area contributed by atoms with Gasteiger partial charge in [0.15, 0.2) is 0 Å². The summed E-state index contributed by atoms with van der Waals surface area (Å²) in [5.74, 6) is 4.98. The Labute approximate surface area is 78.4 Å². The minimum absolute atomic E-state index is 0.684. The van der Waals surface area contributed by atoms with Crippen molar-refractivity contribution in [2.75, 3.05) is 17.4 Å². The molecule has 0 saturated carbocycles. The van der Waals surface area contributed by atoms with Crippen LogP contribution in [-0.4, -0.2) is 17.4 Å². The predicted molar refractivity (Wildman–Crippen MR) is 54.5 cm³/mol. The Morgan fingerprint density at radius 2 is 2.55 bits per heavy atom. The zero-order chi connectivity index (χ0) is 8.10. The Kier molecular flexibility index (Phi) is 4.39. The largest absolute Gasteiger partial charge is 0.162 e. The molecule has 64 valence electrons. The van der Waals surface area contributed by atoms with Crippen LogP contribution in [0.2, 0.25) is 0 Å². The van der Waals surface area contributed by atoms with Crippen molar-refractivity contribution in [1.29, 1.82) is 0 Å². The molecule has 0 radical (unpaired) electrons. The maximum atomic E-state index is 5.87. The van der Waals surface area contributed by atoms with Gasteiger partial charge in [-0.05, 0) is 36.2 Å². The number of allylic oxidation sites excluding steroid dienone is 1. The molecule has 2 unspecified atom stereocenters. The lowest BCUT2D eigenvalue weighted by atomic mass is 9.91. The van der Waals surface area contributed by atoms with Crippen molar-refractivity contribution in [2.24, 2.45) is 11.8 Å². The first-order chi connectivity index (χ1) is 5.38. The van der Waals surface area contributed by atoms with Gasteiger partial charge in [-0.15, -0.1) is 18.2 Å². The van der Waals surface area contributed by atoms with Gasteiger partial charge in [-0.3, -0.25) is 0 Å². The van der Waals surface area contributed by atoms with Crippen molar-refractivity contribution >= 4 is 23.4 Å². The van der Waals surface area contributed by atoms with Gasteiger partial charge in [0.05, 0.1) is 0 Å². The molecule has 1 fully saturated rings. The second-order valence-electron chi connectivity index (χ2n) is 3.06. The van der Waals surface area contributed by atoms with E-state index >= 15 is 0 Å².